The van der Waals surface area contributed by atoms with Crippen LogP contribution in [0.1, 0.15) is 36.6 Å². The lowest BCUT2D eigenvalue weighted by Gasteiger charge is -2.31. The van der Waals surface area contributed by atoms with Gasteiger partial charge in [-0.15, -0.1) is 11.8 Å². The van der Waals surface area contributed by atoms with Crippen molar-refractivity contribution in [1.29, 1.82) is 5.26 Å². The molecule has 0 radical (unpaired) electrons. The van der Waals surface area contributed by atoms with Gasteiger partial charge in [-0.1, -0.05) is 43.0 Å². The zero-order chi connectivity index (χ0) is 22.1. The number of nitrogens with zero attached hydrogens (tertiary/aromatic N) is 3. The number of nitriles is 1. The number of pyridine rings is 1. The first-order chi connectivity index (χ1) is 15.6. The molecule has 0 saturated heterocycles. The quantitative estimate of drug-likeness (QED) is 0.425. The van der Waals surface area contributed by atoms with Crippen molar-refractivity contribution in [3.8, 4) is 6.07 Å². The van der Waals surface area contributed by atoms with E-state index in [1.54, 1.807) is 11.8 Å². The molecular formula is C26H23N3OS2. The second-order valence-electron chi connectivity index (χ2n) is 8.27. The molecule has 0 saturated carbocycles. The highest BCUT2D eigenvalue weighted by atomic mass is 32.2. The Morgan fingerprint density at radius 3 is 2.56 bits per heavy atom. The molecule has 0 N–H and O–H groups in total. The standard InChI is InChI=1S/C26H23N3OS2/c1-17-10-11-20-18(14-17)15-19(16-27)26(28-20)31-13-12-25(30)29-21-6-2-4-8-23(21)32-24-9-5-3-7-22(24)29/h2-9,15,17H,10-14H2,1H3. The van der Waals surface area contributed by atoms with Crippen LogP contribution in [0.4, 0.5) is 11.4 Å². The molecular weight excluding hydrogens is 434 g/mol. The molecule has 32 heavy (non-hydrogen) atoms. The van der Waals surface area contributed by atoms with E-state index in [4.69, 9.17) is 4.98 Å². The van der Waals surface area contributed by atoms with Crippen LogP contribution in [0.3, 0.4) is 0 Å². The van der Waals surface area contributed by atoms with Crippen molar-refractivity contribution >= 4 is 40.8 Å². The maximum absolute atomic E-state index is 13.4. The summed E-state index contributed by atoms with van der Waals surface area (Å²) < 4.78 is 0. The molecule has 1 amide bonds. The van der Waals surface area contributed by atoms with Gasteiger partial charge in [-0.25, -0.2) is 4.98 Å². The van der Waals surface area contributed by atoms with Crippen molar-refractivity contribution in [2.24, 2.45) is 5.92 Å². The zero-order valence-corrected chi connectivity index (χ0v) is 19.5. The molecule has 160 valence electrons. The van der Waals surface area contributed by atoms with Gasteiger partial charge in [0.15, 0.2) is 0 Å². The molecule has 4 nitrogen and oxygen atoms in total. The molecule has 0 spiro atoms. The maximum atomic E-state index is 13.4. The van der Waals surface area contributed by atoms with Crippen LogP contribution in [0.2, 0.25) is 0 Å². The Kier molecular flexibility index (Phi) is 5.95. The molecule has 1 atom stereocenters. The number of carbonyl (C=O) groups excluding carboxylic acids is 1. The van der Waals surface area contributed by atoms with Gasteiger partial charge in [0.05, 0.1) is 16.9 Å². The Labute approximate surface area is 197 Å². The fraction of sp³-hybridized carbons (Fsp3) is 0.269. The van der Waals surface area contributed by atoms with E-state index in [-0.39, 0.29) is 5.91 Å². The van der Waals surface area contributed by atoms with E-state index in [1.165, 1.54) is 17.3 Å². The number of aryl methyl sites for hydroxylation is 1. The van der Waals surface area contributed by atoms with Crippen LogP contribution >= 0.6 is 23.5 Å². The van der Waals surface area contributed by atoms with Gasteiger partial charge in [-0.05, 0) is 61.1 Å². The lowest BCUT2D eigenvalue weighted by Crippen LogP contribution is -2.28. The van der Waals surface area contributed by atoms with Crippen LogP contribution in [0.15, 0.2) is 69.4 Å². The normalized spacial score (nSPS) is 16.5. The number of hydrogen-bond acceptors (Lipinski definition) is 5. The average molecular weight is 458 g/mol. The van der Waals surface area contributed by atoms with Crippen LogP contribution < -0.4 is 4.90 Å². The molecule has 1 aliphatic carbocycles. The smallest absolute Gasteiger partial charge is 0.232 e. The third kappa shape index (κ3) is 4.03. The fourth-order valence-electron chi connectivity index (χ4n) is 4.34. The van der Waals surface area contributed by atoms with E-state index in [0.29, 0.717) is 23.7 Å². The molecule has 2 aliphatic rings. The van der Waals surface area contributed by atoms with Crippen LogP contribution in [-0.4, -0.2) is 16.6 Å². The summed E-state index contributed by atoms with van der Waals surface area (Å²) in [7, 11) is 0. The minimum absolute atomic E-state index is 0.0583. The summed E-state index contributed by atoms with van der Waals surface area (Å²) in [5.41, 5.74) is 4.82. The molecule has 6 heteroatoms. The highest BCUT2D eigenvalue weighted by Gasteiger charge is 2.27. The van der Waals surface area contributed by atoms with Crippen LogP contribution in [0.25, 0.3) is 0 Å². The number of thioether (sulfide) groups is 1. The summed E-state index contributed by atoms with van der Waals surface area (Å²) in [6, 6.07) is 20.4. The molecule has 1 unspecified atom stereocenters. The Hall–Kier alpha value is -2.75. The van der Waals surface area contributed by atoms with Crippen LogP contribution in [-0.2, 0) is 17.6 Å². The van der Waals surface area contributed by atoms with Gasteiger partial charge in [0.1, 0.15) is 11.1 Å². The fourth-order valence-corrected chi connectivity index (χ4v) is 6.30. The van der Waals surface area contributed by atoms with Gasteiger partial charge >= 0.3 is 0 Å². The lowest BCUT2D eigenvalue weighted by atomic mass is 9.87. The number of benzene rings is 2. The monoisotopic (exact) mass is 457 g/mol. The number of rotatable bonds is 4. The summed E-state index contributed by atoms with van der Waals surface area (Å²) >= 11 is 3.21. The summed E-state index contributed by atoms with van der Waals surface area (Å²) in [6.07, 6.45) is 3.47. The molecule has 1 aromatic heterocycles. The number of anilines is 2. The summed E-state index contributed by atoms with van der Waals surface area (Å²) in [5.74, 6) is 1.28. The van der Waals surface area contributed by atoms with Crippen molar-refractivity contribution in [3.63, 3.8) is 0 Å². The Balaban J connectivity index is 1.34. The minimum atomic E-state index is 0.0583. The van der Waals surface area contributed by atoms with E-state index in [0.717, 1.165) is 51.1 Å². The van der Waals surface area contributed by atoms with E-state index >= 15 is 0 Å². The number of hydrogen-bond donors (Lipinski definition) is 0. The number of fused-ring (bicyclic) bond motifs is 3. The number of para-hydroxylation sites is 2. The molecule has 2 heterocycles. The van der Waals surface area contributed by atoms with Gasteiger partial charge in [-0.3, -0.25) is 9.69 Å². The highest BCUT2D eigenvalue weighted by molar-refractivity contribution is 7.99. The van der Waals surface area contributed by atoms with E-state index in [1.807, 2.05) is 47.4 Å². The lowest BCUT2D eigenvalue weighted by molar-refractivity contribution is -0.117. The van der Waals surface area contributed by atoms with Crippen LogP contribution in [0, 0.1) is 17.2 Å². The number of carbonyl (C=O) groups is 1. The van der Waals surface area contributed by atoms with Gasteiger partial charge in [0.2, 0.25) is 5.91 Å². The summed E-state index contributed by atoms with van der Waals surface area (Å²) in [4.78, 5) is 22.2. The van der Waals surface area contributed by atoms with Crippen molar-refractivity contribution in [1.82, 2.24) is 4.98 Å². The molecule has 0 bridgehead atoms. The van der Waals surface area contributed by atoms with Crippen molar-refractivity contribution in [2.75, 3.05) is 10.7 Å². The molecule has 2 aromatic carbocycles. The minimum Gasteiger partial charge on any atom is -0.279 e. The van der Waals surface area contributed by atoms with Crippen LogP contribution in [0.5, 0.6) is 0 Å². The van der Waals surface area contributed by atoms with Gasteiger partial charge in [0.25, 0.3) is 0 Å². The van der Waals surface area contributed by atoms with Crippen molar-refractivity contribution in [3.05, 3.63) is 71.4 Å². The van der Waals surface area contributed by atoms with Gasteiger partial charge in [-0.2, -0.15) is 5.26 Å². The molecule has 5 rings (SSSR count). The SMILES string of the molecule is CC1CCc2nc(SCCC(=O)N3c4ccccc4Sc4ccccc43)c(C#N)cc2C1. The molecule has 1 aliphatic heterocycles. The van der Waals surface area contributed by atoms with Gasteiger partial charge < -0.3 is 0 Å². The Morgan fingerprint density at radius 2 is 1.88 bits per heavy atom. The predicted molar refractivity (Wildman–Crippen MR) is 130 cm³/mol. The molecule has 3 aromatic rings. The Bertz CT molecular complexity index is 1190. The summed E-state index contributed by atoms with van der Waals surface area (Å²) in [5, 5.41) is 10.4. The predicted octanol–water partition coefficient (Wildman–Crippen LogP) is 6.39. The van der Waals surface area contributed by atoms with Crippen molar-refractivity contribution in [2.45, 2.75) is 47.4 Å². The summed E-state index contributed by atoms with van der Waals surface area (Å²) in [6.45, 7) is 2.25. The zero-order valence-electron chi connectivity index (χ0n) is 17.9. The first kappa shape index (κ1) is 21.1. The molecule has 0 fully saturated rings. The van der Waals surface area contributed by atoms with E-state index in [9.17, 15) is 10.1 Å². The Morgan fingerprint density at radius 1 is 1.19 bits per heavy atom. The average Bonchev–Trinajstić information content (AvgIpc) is 2.82. The van der Waals surface area contributed by atoms with E-state index in [2.05, 4.69) is 25.1 Å². The largest absolute Gasteiger partial charge is 0.279 e. The second kappa shape index (κ2) is 9.01. The number of amides is 1. The maximum Gasteiger partial charge on any atom is 0.232 e. The first-order valence-electron chi connectivity index (χ1n) is 10.9. The number of aromatic nitrogens is 1. The third-order valence-electron chi connectivity index (χ3n) is 5.96. The topological polar surface area (TPSA) is 57.0 Å². The second-order valence-corrected chi connectivity index (χ2v) is 10.4. The van der Waals surface area contributed by atoms with Gasteiger partial charge in [0, 0.05) is 27.7 Å². The van der Waals surface area contributed by atoms with E-state index < -0.39 is 0 Å². The first-order valence-corrected chi connectivity index (χ1v) is 12.7. The van der Waals surface area contributed by atoms with Crippen molar-refractivity contribution < 1.29 is 4.79 Å². The highest BCUT2D eigenvalue weighted by Crippen LogP contribution is 2.48. The third-order valence-corrected chi connectivity index (χ3v) is 8.08.